The molecule has 1 atom stereocenters. The van der Waals surface area contributed by atoms with Crippen LogP contribution in [-0.4, -0.2) is 33.4 Å². The van der Waals surface area contributed by atoms with Crippen molar-refractivity contribution < 1.29 is 4.74 Å². The quantitative estimate of drug-likeness (QED) is 0.883. The summed E-state index contributed by atoms with van der Waals surface area (Å²) in [5.41, 5.74) is 2.60. The number of anilines is 1. The fourth-order valence-corrected chi connectivity index (χ4v) is 2.57. The van der Waals surface area contributed by atoms with Gasteiger partial charge in [0, 0.05) is 45.6 Å². The van der Waals surface area contributed by atoms with Crippen LogP contribution in [-0.2, 0) is 11.3 Å². The van der Waals surface area contributed by atoms with Crippen LogP contribution < -0.4 is 10.2 Å². The predicted molar refractivity (Wildman–Crippen MR) is 80.6 cm³/mol. The molecule has 0 bridgehead atoms. The number of hydrogen-bond donors (Lipinski definition) is 1. The smallest absolute Gasteiger partial charge is 0.0469 e. The lowest BCUT2D eigenvalue weighted by molar-refractivity contribution is 0.0558. The van der Waals surface area contributed by atoms with Crippen LogP contribution in [0.4, 0.5) is 5.69 Å². The molecule has 1 N–H and O–H groups in total. The van der Waals surface area contributed by atoms with E-state index < -0.39 is 0 Å². The summed E-state index contributed by atoms with van der Waals surface area (Å²) in [6, 6.07) is 9.34. The SMILES string of the molecule is CC(NCc1ccc(N(C)C)cc1)C1CCOCC1. The van der Waals surface area contributed by atoms with Gasteiger partial charge in [0.25, 0.3) is 0 Å². The molecule has 0 amide bonds. The van der Waals surface area contributed by atoms with Crippen LogP contribution in [0, 0.1) is 5.92 Å². The lowest BCUT2D eigenvalue weighted by Crippen LogP contribution is -2.36. The van der Waals surface area contributed by atoms with Gasteiger partial charge in [0.05, 0.1) is 0 Å². The van der Waals surface area contributed by atoms with Gasteiger partial charge >= 0.3 is 0 Å². The summed E-state index contributed by atoms with van der Waals surface area (Å²) in [6.45, 7) is 5.10. The van der Waals surface area contributed by atoms with E-state index in [2.05, 4.69) is 55.5 Å². The fraction of sp³-hybridized carbons (Fsp3) is 0.625. The van der Waals surface area contributed by atoms with Gasteiger partial charge in [0.2, 0.25) is 0 Å². The van der Waals surface area contributed by atoms with Crippen LogP contribution in [0.3, 0.4) is 0 Å². The van der Waals surface area contributed by atoms with E-state index in [4.69, 9.17) is 4.74 Å². The molecule has 1 aliphatic rings. The van der Waals surface area contributed by atoms with Gasteiger partial charge < -0.3 is 15.0 Å². The molecule has 1 fully saturated rings. The topological polar surface area (TPSA) is 24.5 Å². The Morgan fingerprint density at radius 1 is 1.21 bits per heavy atom. The second kappa shape index (κ2) is 6.92. The van der Waals surface area contributed by atoms with Crippen molar-refractivity contribution in [2.24, 2.45) is 5.92 Å². The highest BCUT2D eigenvalue weighted by Gasteiger charge is 2.19. The maximum absolute atomic E-state index is 5.42. The van der Waals surface area contributed by atoms with E-state index in [-0.39, 0.29) is 0 Å². The van der Waals surface area contributed by atoms with Crippen molar-refractivity contribution in [2.45, 2.75) is 32.4 Å². The molecular weight excluding hydrogens is 236 g/mol. The summed E-state index contributed by atoms with van der Waals surface area (Å²) in [4.78, 5) is 2.13. The molecule has 1 aliphatic heterocycles. The first kappa shape index (κ1) is 14.4. The first-order chi connectivity index (χ1) is 9.16. The first-order valence-corrected chi connectivity index (χ1v) is 7.24. The molecule has 2 rings (SSSR count). The summed E-state index contributed by atoms with van der Waals surface area (Å²) in [5, 5.41) is 3.65. The highest BCUT2D eigenvalue weighted by Crippen LogP contribution is 2.19. The number of nitrogens with zero attached hydrogens (tertiary/aromatic N) is 1. The number of benzene rings is 1. The predicted octanol–water partition coefficient (Wildman–Crippen LogP) is 2.66. The van der Waals surface area contributed by atoms with Crippen LogP contribution in [0.15, 0.2) is 24.3 Å². The molecule has 0 aliphatic carbocycles. The van der Waals surface area contributed by atoms with Crippen molar-refractivity contribution >= 4 is 5.69 Å². The molecule has 3 heteroatoms. The Morgan fingerprint density at radius 3 is 2.42 bits per heavy atom. The van der Waals surface area contributed by atoms with E-state index in [9.17, 15) is 0 Å². The molecule has 1 heterocycles. The third-order valence-corrected chi connectivity index (χ3v) is 4.05. The summed E-state index contributed by atoms with van der Waals surface area (Å²) >= 11 is 0. The van der Waals surface area contributed by atoms with E-state index in [0.29, 0.717) is 6.04 Å². The minimum absolute atomic E-state index is 0.567. The number of rotatable bonds is 5. The number of ether oxygens (including phenoxy) is 1. The standard InChI is InChI=1S/C16H26N2O/c1-13(15-8-10-19-11-9-15)17-12-14-4-6-16(7-5-14)18(2)3/h4-7,13,15,17H,8-12H2,1-3H3. The zero-order chi connectivity index (χ0) is 13.7. The molecule has 0 aromatic heterocycles. The van der Waals surface area contributed by atoms with Crippen LogP contribution >= 0.6 is 0 Å². The summed E-state index contributed by atoms with van der Waals surface area (Å²) in [7, 11) is 4.14. The monoisotopic (exact) mass is 262 g/mol. The lowest BCUT2D eigenvalue weighted by atomic mass is 9.93. The average Bonchev–Trinajstić information content (AvgIpc) is 2.46. The molecule has 1 unspecified atom stereocenters. The van der Waals surface area contributed by atoms with E-state index in [1.54, 1.807) is 0 Å². The third-order valence-electron chi connectivity index (χ3n) is 4.05. The molecule has 0 saturated carbocycles. The molecule has 106 valence electrons. The second-order valence-corrected chi connectivity index (χ2v) is 5.68. The zero-order valence-electron chi connectivity index (χ0n) is 12.4. The van der Waals surface area contributed by atoms with Crippen molar-refractivity contribution in [3.05, 3.63) is 29.8 Å². The van der Waals surface area contributed by atoms with Crippen LogP contribution in [0.2, 0.25) is 0 Å². The highest BCUT2D eigenvalue weighted by molar-refractivity contribution is 5.45. The molecular formula is C16H26N2O. The largest absolute Gasteiger partial charge is 0.381 e. The Bertz CT molecular complexity index is 369. The molecule has 1 saturated heterocycles. The van der Waals surface area contributed by atoms with E-state index in [1.165, 1.54) is 24.1 Å². The molecule has 3 nitrogen and oxygen atoms in total. The fourth-order valence-electron chi connectivity index (χ4n) is 2.57. The Hall–Kier alpha value is -1.06. The summed E-state index contributed by atoms with van der Waals surface area (Å²) in [6.07, 6.45) is 2.38. The van der Waals surface area contributed by atoms with E-state index >= 15 is 0 Å². The second-order valence-electron chi connectivity index (χ2n) is 5.68. The van der Waals surface area contributed by atoms with Crippen molar-refractivity contribution in [3.63, 3.8) is 0 Å². The Morgan fingerprint density at radius 2 is 1.84 bits per heavy atom. The molecule has 19 heavy (non-hydrogen) atoms. The zero-order valence-corrected chi connectivity index (χ0v) is 12.4. The first-order valence-electron chi connectivity index (χ1n) is 7.24. The average molecular weight is 262 g/mol. The molecule has 0 spiro atoms. The third kappa shape index (κ3) is 4.22. The Balaban J connectivity index is 1.80. The van der Waals surface area contributed by atoms with E-state index in [0.717, 1.165) is 25.7 Å². The van der Waals surface area contributed by atoms with Crippen molar-refractivity contribution in [2.75, 3.05) is 32.2 Å². The van der Waals surface area contributed by atoms with Gasteiger partial charge in [-0.15, -0.1) is 0 Å². The minimum atomic E-state index is 0.567. The van der Waals surface area contributed by atoms with E-state index in [1.807, 2.05) is 0 Å². The number of hydrogen-bond acceptors (Lipinski definition) is 3. The van der Waals surface area contributed by atoms with Crippen LogP contribution in [0.1, 0.15) is 25.3 Å². The van der Waals surface area contributed by atoms with Gasteiger partial charge in [-0.3, -0.25) is 0 Å². The van der Waals surface area contributed by atoms with Gasteiger partial charge in [-0.2, -0.15) is 0 Å². The normalized spacial score (nSPS) is 18.3. The Labute approximate surface area is 116 Å². The molecule has 1 aromatic rings. The number of nitrogens with one attached hydrogen (secondary N) is 1. The van der Waals surface area contributed by atoms with Crippen molar-refractivity contribution in [1.82, 2.24) is 5.32 Å². The Kier molecular flexibility index (Phi) is 5.23. The van der Waals surface area contributed by atoms with Gasteiger partial charge in [-0.25, -0.2) is 0 Å². The van der Waals surface area contributed by atoms with Gasteiger partial charge in [0.15, 0.2) is 0 Å². The summed E-state index contributed by atoms with van der Waals surface area (Å²) in [5.74, 6) is 0.759. The lowest BCUT2D eigenvalue weighted by Gasteiger charge is -2.28. The minimum Gasteiger partial charge on any atom is -0.381 e. The summed E-state index contributed by atoms with van der Waals surface area (Å²) < 4.78 is 5.42. The molecule has 0 radical (unpaired) electrons. The molecule has 1 aromatic carbocycles. The maximum Gasteiger partial charge on any atom is 0.0469 e. The van der Waals surface area contributed by atoms with Gasteiger partial charge in [-0.1, -0.05) is 12.1 Å². The van der Waals surface area contributed by atoms with Crippen LogP contribution in [0.5, 0.6) is 0 Å². The van der Waals surface area contributed by atoms with Crippen molar-refractivity contribution in [3.8, 4) is 0 Å². The van der Waals surface area contributed by atoms with Crippen molar-refractivity contribution in [1.29, 1.82) is 0 Å². The van der Waals surface area contributed by atoms with Gasteiger partial charge in [0.1, 0.15) is 0 Å². The maximum atomic E-state index is 5.42. The van der Waals surface area contributed by atoms with Crippen LogP contribution in [0.25, 0.3) is 0 Å². The highest BCUT2D eigenvalue weighted by atomic mass is 16.5. The van der Waals surface area contributed by atoms with Gasteiger partial charge in [-0.05, 0) is 43.4 Å².